The van der Waals surface area contributed by atoms with E-state index in [1.807, 2.05) is 30.3 Å². The van der Waals surface area contributed by atoms with Crippen LogP contribution in [0.4, 0.5) is 5.69 Å². The normalized spacial score (nSPS) is 17.9. The van der Waals surface area contributed by atoms with Gasteiger partial charge < -0.3 is 14.8 Å². The molecule has 0 radical (unpaired) electrons. The van der Waals surface area contributed by atoms with E-state index < -0.39 is 0 Å². The van der Waals surface area contributed by atoms with Gasteiger partial charge in [-0.15, -0.1) is 0 Å². The maximum absolute atomic E-state index is 12.3. The number of para-hydroxylation sites is 1. The third-order valence-corrected chi connectivity index (χ3v) is 4.95. The summed E-state index contributed by atoms with van der Waals surface area (Å²) in [7, 11) is 0. The standard InChI is InChI=1S/C16H18ClN3O2.C4H8O.C3H8/c17-15-14(18-9-12-5-4-8-22-11-12)10-19-20(16(15)21)13-6-2-1-3-7-13;1-2-4-5-3-1;1-3-2/h1-3,6-7,10,12,18H,4-5,8-9,11H2;1-4H2;3H2,1-2H3. The number of aromatic nitrogens is 2. The highest BCUT2D eigenvalue weighted by atomic mass is 35.5. The quantitative estimate of drug-likeness (QED) is 0.736. The SMILES string of the molecule is C1CCOC1.CCC.O=c1c(Cl)c(NCC2CCCOC2)cnn1-c1ccccc1. The van der Waals surface area contributed by atoms with Crippen LogP contribution in [0.3, 0.4) is 0 Å². The first-order valence-electron chi connectivity index (χ1n) is 10.9. The maximum Gasteiger partial charge on any atom is 0.292 e. The molecule has 4 rings (SSSR count). The number of benzene rings is 1. The molecule has 2 aliphatic heterocycles. The zero-order valence-corrected chi connectivity index (χ0v) is 18.9. The number of rotatable bonds is 4. The fourth-order valence-corrected chi connectivity index (χ4v) is 3.24. The molecule has 0 bridgehead atoms. The predicted molar refractivity (Wildman–Crippen MR) is 123 cm³/mol. The Balaban J connectivity index is 0.000000338. The summed E-state index contributed by atoms with van der Waals surface area (Å²) >= 11 is 6.20. The van der Waals surface area contributed by atoms with Crippen molar-refractivity contribution in [2.75, 3.05) is 38.3 Å². The molecule has 1 aromatic heterocycles. The number of anilines is 1. The second kappa shape index (κ2) is 14.2. The molecule has 0 saturated carbocycles. The summed E-state index contributed by atoms with van der Waals surface area (Å²) in [6, 6.07) is 9.23. The molecule has 3 heterocycles. The zero-order valence-electron chi connectivity index (χ0n) is 18.1. The van der Waals surface area contributed by atoms with Gasteiger partial charge in [0.2, 0.25) is 0 Å². The van der Waals surface area contributed by atoms with Gasteiger partial charge in [-0.1, -0.05) is 50.1 Å². The van der Waals surface area contributed by atoms with Gasteiger partial charge in [-0.25, -0.2) is 0 Å². The predicted octanol–water partition coefficient (Wildman–Crippen LogP) is 4.94. The van der Waals surface area contributed by atoms with Gasteiger partial charge in [-0.2, -0.15) is 9.78 Å². The van der Waals surface area contributed by atoms with Crippen LogP contribution in [0, 0.1) is 5.92 Å². The number of hydrogen-bond donors (Lipinski definition) is 1. The smallest absolute Gasteiger partial charge is 0.292 e. The fourth-order valence-electron chi connectivity index (χ4n) is 3.04. The van der Waals surface area contributed by atoms with Gasteiger partial charge >= 0.3 is 0 Å². The van der Waals surface area contributed by atoms with Crippen LogP contribution in [-0.2, 0) is 9.47 Å². The number of hydrogen-bond acceptors (Lipinski definition) is 5. The summed E-state index contributed by atoms with van der Waals surface area (Å²) in [4.78, 5) is 12.3. The monoisotopic (exact) mass is 435 g/mol. The van der Waals surface area contributed by atoms with E-state index in [0.29, 0.717) is 17.3 Å². The minimum absolute atomic E-state index is 0.163. The Morgan fingerprint density at radius 1 is 1.10 bits per heavy atom. The molecule has 7 heteroatoms. The van der Waals surface area contributed by atoms with E-state index in [9.17, 15) is 4.79 Å². The van der Waals surface area contributed by atoms with E-state index >= 15 is 0 Å². The highest BCUT2D eigenvalue weighted by Gasteiger charge is 2.15. The Labute approximate surface area is 184 Å². The van der Waals surface area contributed by atoms with E-state index in [1.54, 1.807) is 6.20 Å². The Kier molecular flexibility index (Phi) is 11.5. The van der Waals surface area contributed by atoms with Crippen LogP contribution < -0.4 is 10.9 Å². The highest BCUT2D eigenvalue weighted by Crippen LogP contribution is 2.19. The molecule has 2 saturated heterocycles. The average molecular weight is 436 g/mol. The van der Waals surface area contributed by atoms with Crippen LogP contribution in [0.15, 0.2) is 41.3 Å². The van der Waals surface area contributed by atoms with Crippen molar-refractivity contribution in [2.24, 2.45) is 5.92 Å². The summed E-state index contributed by atoms with van der Waals surface area (Å²) in [5.74, 6) is 0.446. The number of nitrogens with one attached hydrogen (secondary N) is 1. The van der Waals surface area contributed by atoms with Gasteiger partial charge in [-0.05, 0) is 43.7 Å². The molecular weight excluding hydrogens is 402 g/mol. The van der Waals surface area contributed by atoms with Crippen LogP contribution in [0.1, 0.15) is 46.0 Å². The van der Waals surface area contributed by atoms with Crippen LogP contribution in [0.2, 0.25) is 5.02 Å². The third-order valence-electron chi connectivity index (χ3n) is 4.58. The van der Waals surface area contributed by atoms with Crippen LogP contribution in [-0.4, -0.2) is 42.8 Å². The first-order chi connectivity index (χ1) is 14.7. The van der Waals surface area contributed by atoms with Crippen molar-refractivity contribution >= 4 is 17.3 Å². The molecule has 0 aliphatic carbocycles. The molecule has 166 valence electrons. The first-order valence-corrected chi connectivity index (χ1v) is 11.3. The fraction of sp³-hybridized carbons (Fsp3) is 0.565. The van der Waals surface area contributed by atoms with Gasteiger partial charge in [0.15, 0.2) is 0 Å². The largest absolute Gasteiger partial charge is 0.382 e. The molecule has 1 N–H and O–H groups in total. The molecule has 1 atom stereocenters. The minimum atomic E-state index is -0.322. The molecule has 2 aromatic rings. The molecule has 2 aliphatic rings. The Morgan fingerprint density at radius 2 is 1.77 bits per heavy atom. The van der Waals surface area contributed by atoms with Crippen molar-refractivity contribution in [3.05, 3.63) is 51.9 Å². The molecule has 0 amide bonds. The van der Waals surface area contributed by atoms with Gasteiger partial charge in [-0.3, -0.25) is 4.79 Å². The van der Waals surface area contributed by atoms with E-state index in [2.05, 4.69) is 24.3 Å². The lowest BCUT2D eigenvalue weighted by Gasteiger charge is -2.22. The lowest BCUT2D eigenvalue weighted by molar-refractivity contribution is 0.0595. The summed E-state index contributed by atoms with van der Waals surface area (Å²) in [6.45, 7) is 8.57. The molecular formula is C23H34ClN3O3. The first kappa shape index (κ1) is 24.4. The second-order valence-corrected chi connectivity index (χ2v) is 7.79. The van der Waals surface area contributed by atoms with Gasteiger partial charge in [0.25, 0.3) is 5.56 Å². The maximum atomic E-state index is 12.3. The topological polar surface area (TPSA) is 65.4 Å². The van der Waals surface area contributed by atoms with Crippen molar-refractivity contribution in [2.45, 2.75) is 46.0 Å². The number of halogens is 1. The van der Waals surface area contributed by atoms with Crippen molar-refractivity contribution in [3.63, 3.8) is 0 Å². The average Bonchev–Trinajstić information content (AvgIpc) is 3.37. The Bertz CT molecular complexity index is 765. The Hall–Kier alpha value is -1.89. The highest BCUT2D eigenvalue weighted by molar-refractivity contribution is 6.32. The summed E-state index contributed by atoms with van der Waals surface area (Å²) in [6.07, 6.45) is 7.60. The number of ether oxygens (including phenoxy) is 2. The van der Waals surface area contributed by atoms with E-state index in [4.69, 9.17) is 21.1 Å². The van der Waals surface area contributed by atoms with Gasteiger partial charge in [0.1, 0.15) is 5.02 Å². The van der Waals surface area contributed by atoms with Crippen LogP contribution in [0.25, 0.3) is 5.69 Å². The van der Waals surface area contributed by atoms with Crippen molar-refractivity contribution < 1.29 is 9.47 Å². The van der Waals surface area contributed by atoms with Gasteiger partial charge in [0, 0.05) is 26.4 Å². The molecule has 2 fully saturated rings. The van der Waals surface area contributed by atoms with E-state index in [0.717, 1.165) is 45.8 Å². The lowest BCUT2D eigenvalue weighted by atomic mass is 10.0. The van der Waals surface area contributed by atoms with Crippen LogP contribution >= 0.6 is 11.6 Å². The molecule has 1 unspecified atom stereocenters. The molecule has 1 aromatic carbocycles. The second-order valence-electron chi connectivity index (χ2n) is 7.42. The molecule has 30 heavy (non-hydrogen) atoms. The Morgan fingerprint density at radius 3 is 2.33 bits per heavy atom. The third kappa shape index (κ3) is 8.09. The van der Waals surface area contributed by atoms with Crippen molar-refractivity contribution in [3.8, 4) is 5.69 Å². The zero-order chi connectivity index (χ0) is 21.6. The summed E-state index contributed by atoms with van der Waals surface area (Å²) < 4.78 is 11.7. The van der Waals surface area contributed by atoms with E-state index in [-0.39, 0.29) is 10.6 Å². The van der Waals surface area contributed by atoms with Crippen molar-refractivity contribution in [1.29, 1.82) is 0 Å². The number of nitrogens with zero attached hydrogens (tertiary/aromatic N) is 2. The minimum Gasteiger partial charge on any atom is -0.382 e. The molecule has 0 spiro atoms. The summed E-state index contributed by atoms with van der Waals surface area (Å²) in [5, 5.41) is 7.58. The van der Waals surface area contributed by atoms with Crippen LogP contribution in [0.5, 0.6) is 0 Å². The van der Waals surface area contributed by atoms with Gasteiger partial charge in [0.05, 0.1) is 24.2 Å². The summed E-state index contributed by atoms with van der Waals surface area (Å²) in [5.41, 5.74) is 0.948. The lowest BCUT2D eigenvalue weighted by Crippen LogP contribution is -2.26. The van der Waals surface area contributed by atoms with Crippen molar-refractivity contribution in [1.82, 2.24) is 9.78 Å². The van der Waals surface area contributed by atoms with E-state index in [1.165, 1.54) is 23.9 Å². The molecule has 6 nitrogen and oxygen atoms in total.